The molecule has 1 heterocycles. The molecule has 0 radical (unpaired) electrons. The van der Waals surface area contributed by atoms with Crippen molar-refractivity contribution in [1.82, 2.24) is 0 Å². The van der Waals surface area contributed by atoms with Gasteiger partial charge in [0.2, 0.25) is 11.7 Å². The lowest BCUT2D eigenvalue weighted by Crippen LogP contribution is -2.56. The van der Waals surface area contributed by atoms with Crippen LogP contribution in [0, 0.1) is 5.92 Å². The molecule has 1 amide bonds. The number of aliphatic hydroxyl groups is 1. The first-order valence-electron chi connectivity index (χ1n) is 8.68. The molecule has 0 unspecified atom stereocenters. The first-order chi connectivity index (χ1) is 13.5. The maximum absolute atomic E-state index is 12.7. The number of benzene rings is 2. The average Bonchev–Trinajstić information content (AvgIpc) is 2.71. The largest absolute Gasteiger partial charge is 0.495 e. The summed E-state index contributed by atoms with van der Waals surface area (Å²) in [5, 5.41) is 9.73. The summed E-state index contributed by atoms with van der Waals surface area (Å²) in [6, 6.07) is 8.35. The van der Waals surface area contributed by atoms with Crippen molar-refractivity contribution < 1.29 is 28.8 Å². The van der Waals surface area contributed by atoms with Crippen LogP contribution in [0.3, 0.4) is 0 Å². The number of ether oxygens (including phenoxy) is 4. The van der Waals surface area contributed by atoms with Crippen LogP contribution in [-0.2, 0) is 4.79 Å². The highest BCUT2D eigenvalue weighted by atomic mass is 16.5. The fourth-order valence-electron chi connectivity index (χ4n) is 3.54. The lowest BCUT2D eigenvalue weighted by molar-refractivity contribution is -0.132. The number of anilines is 2. The van der Waals surface area contributed by atoms with Crippen molar-refractivity contribution in [2.24, 2.45) is 5.92 Å². The van der Waals surface area contributed by atoms with Crippen molar-refractivity contribution in [2.45, 2.75) is 6.04 Å². The molecule has 0 aliphatic carbocycles. The summed E-state index contributed by atoms with van der Waals surface area (Å²) in [5.41, 5.74) is 7.86. The van der Waals surface area contributed by atoms with Gasteiger partial charge in [0.05, 0.1) is 58.4 Å². The Morgan fingerprint density at radius 3 is 2.04 bits per heavy atom. The smallest absolute Gasteiger partial charge is 0.235 e. The number of hydrogen-bond acceptors (Lipinski definition) is 7. The van der Waals surface area contributed by atoms with Gasteiger partial charge in [-0.25, -0.2) is 0 Å². The van der Waals surface area contributed by atoms with E-state index in [9.17, 15) is 9.90 Å². The van der Waals surface area contributed by atoms with E-state index in [1.807, 2.05) is 6.07 Å². The molecule has 0 aromatic heterocycles. The SMILES string of the molecule is COc1ccc([C@H]2[C@@H](CO)C(=O)N2c2cc(OC)c(OC)c(OC)c2)cc1N. The van der Waals surface area contributed by atoms with Crippen LogP contribution in [0.4, 0.5) is 11.4 Å². The Morgan fingerprint density at radius 1 is 0.964 bits per heavy atom. The molecule has 2 aromatic carbocycles. The van der Waals surface area contributed by atoms with Crippen molar-refractivity contribution in [3.8, 4) is 23.0 Å². The Labute approximate surface area is 163 Å². The molecule has 1 aliphatic rings. The van der Waals surface area contributed by atoms with Gasteiger partial charge in [-0.1, -0.05) is 6.07 Å². The van der Waals surface area contributed by atoms with Gasteiger partial charge in [-0.15, -0.1) is 0 Å². The summed E-state index contributed by atoms with van der Waals surface area (Å²) in [6.45, 7) is -0.268. The number of amides is 1. The third kappa shape index (κ3) is 3.05. The van der Waals surface area contributed by atoms with Crippen LogP contribution in [0.5, 0.6) is 23.0 Å². The second-order valence-corrected chi connectivity index (χ2v) is 6.33. The summed E-state index contributed by atoms with van der Waals surface area (Å²) < 4.78 is 21.3. The molecule has 150 valence electrons. The maximum Gasteiger partial charge on any atom is 0.235 e. The van der Waals surface area contributed by atoms with Crippen LogP contribution in [0.25, 0.3) is 0 Å². The quantitative estimate of drug-likeness (QED) is 0.552. The first-order valence-corrected chi connectivity index (χ1v) is 8.68. The van der Waals surface area contributed by atoms with E-state index in [4.69, 9.17) is 24.7 Å². The zero-order valence-electron chi connectivity index (χ0n) is 16.3. The van der Waals surface area contributed by atoms with Crippen LogP contribution in [-0.4, -0.2) is 46.1 Å². The lowest BCUT2D eigenvalue weighted by atomic mass is 9.82. The molecule has 2 atom stereocenters. The summed E-state index contributed by atoms with van der Waals surface area (Å²) in [6.07, 6.45) is 0. The second-order valence-electron chi connectivity index (χ2n) is 6.33. The van der Waals surface area contributed by atoms with Gasteiger partial charge in [-0.2, -0.15) is 0 Å². The number of methoxy groups -OCH3 is 4. The Hall–Kier alpha value is -3.13. The molecule has 2 aromatic rings. The van der Waals surface area contributed by atoms with E-state index in [-0.39, 0.29) is 18.6 Å². The van der Waals surface area contributed by atoms with Gasteiger partial charge >= 0.3 is 0 Å². The molecule has 8 nitrogen and oxygen atoms in total. The molecule has 0 bridgehead atoms. The minimum Gasteiger partial charge on any atom is -0.495 e. The number of carbonyl (C=O) groups is 1. The molecular weight excluding hydrogens is 364 g/mol. The van der Waals surface area contributed by atoms with Gasteiger partial charge < -0.3 is 34.7 Å². The number of rotatable bonds is 7. The van der Waals surface area contributed by atoms with E-state index in [0.717, 1.165) is 5.56 Å². The van der Waals surface area contributed by atoms with E-state index < -0.39 is 5.92 Å². The highest BCUT2D eigenvalue weighted by Crippen LogP contribution is 2.48. The average molecular weight is 388 g/mol. The number of nitrogens with zero attached hydrogens (tertiary/aromatic N) is 1. The molecule has 1 aliphatic heterocycles. The summed E-state index contributed by atoms with van der Waals surface area (Å²) >= 11 is 0. The number of aliphatic hydroxyl groups excluding tert-OH is 1. The molecular formula is C20H24N2O6. The highest BCUT2D eigenvalue weighted by Gasteiger charge is 2.49. The van der Waals surface area contributed by atoms with Crippen LogP contribution in [0.2, 0.25) is 0 Å². The van der Waals surface area contributed by atoms with Crippen LogP contribution in [0.1, 0.15) is 11.6 Å². The Kier molecular flexibility index (Phi) is 5.51. The van der Waals surface area contributed by atoms with Crippen LogP contribution < -0.4 is 29.6 Å². The summed E-state index contributed by atoms with van der Waals surface area (Å²) in [7, 11) is 6.07. The fraction of sp³-hybridized carbons (Fsp3) is 0.350. The number of nitrogens with two attached hydrogens (primary N) is 1. The molecule has 28 heavy (non-hydrogen) atoms. The predicted octanol–water partition coefficient (Wildman–Crippen LogP) is 2.00. The number of nitrogen functional groups attached to an aromatic ring is 1. The molecule has 1 saturated heterocycles. The minimum atomic E-state index is -0.563. The van der Waals surface area contributed by atoms with Gasteiger partial charge in [-0.3, -0.25) is 4.79 Å². The van der Waals surface area contributed by atoms with E-state index in [0.29, 0.717) is 34.4 Å². The number of β-lactam (4-membered cyclic amide) rings is 1. The van der Waals surface area contributed by atoms with E-state index in [1.54, 1.807) is 29.2 Å². The van der Waals surface area contributed by atoms with Crippen molar-refractivity contribution in [3.63, 3.8) is 0 Å². The minimum absolute atomic E-state index is 0.198. The Balaban J connectivity index is 2.07. The van der Waals surface area contributed by atoms with Gasteiger partial charge in [0.25, 0.3) is 0 Å². The second kappa shape index (κ2) is 7.85. The fourth-order valence-corrected chi connectivity index (χ4v) is 3.54. The van der Waals surface area contributed by atoms with Crippen molar-refractivity contribution in [2.75, 3.05) is 45.7 Å². The molecule has 3 rings (SSSR count). The third-order valence-corrected chi connectivity index (χ3v) is 4.93. The van der Waals surface area contributed by atoms with E-state index >= 15 is 0 Å². The Morgan fingerprint density at radius 2 is 1.57 bits per heavy atom. The van der Waals surface area contributed by atoms with Gasteiger partial charge in [0, 0.05) is 12.1 Å². The van der Waals surface area contributed by atoms with Crippen molar-refractivity contribution in [1.29, 1.82) is 0 Å². The lowest BCUT2D eigenvalue weighted by Gasteiger charge is -2.47. The molecule has 0 saturated carbocycles. The number of carbonyl (C=O) groups excluding carboxylic acids is 1. The maximum atomic E-state index is 12.7. The predicted molar refractivity (Wildman–Crippen MR) is 104 cm³/mol. The van der Waals surface area contributed by atoms with Gasteiger partial charge in [0.15, 0.2) is 11.5 Å². The normalized spacial score (nSPS) is 18.5. The summed E-state index contributed by atoms with van der Waals surface area (Å²) in [4.78, 5) is 14.3. The molecule has 3 N–H and O–H groups in total. The van der Waals surface area contributed by atoms with Gasteiger partial charge in [0.1, 0.15) is 5.75 Å². The van der Waals surface area contributed by atoms with E-state index in [2.05, 4.69) is 0 Å². The molecule has 1 fully saturated rings. The summed E-state index contributed by atoms with van der Waals surface area (Å²) in [5.74, 6) is 1.10. The Bertz CT molecular complexity index is 860. The molecule has 0 spiro atoms. The monoisotopic (exact) mass is 388 g/mol. The van der Waals surface area contributed by atoms with Crippen molar-refractivity contribution in [3.05, 3.63) is 35.9 Å². The zero-order chi connectivity index (χ0) is 20.4. The van der Waals surface area contributed by atoms with E-state index in [1.165, 1.54) is 28.4 Å². The third-order valence-electron chi connectivity index (χ3n) is 4.93. The standard InChI is InChI=1S/C20H24N2O6/c1-25-15-6-5-11(7-14(15)21)18-13(10-23)20(24)22(18)12-8-16(26-2)19(28-4)17(9-12)27-3/h5-9,13,18,23H,10,21H2,1-4H3/t13-,18+/m1/s1. The van der Waals surface area contributed by atoms with Crippen LogP contribution >= 0.6 is 0 Å². The highest BCUT2D eigenvalue weighted by molar-refractivity contribution is 6.04. The zero-order valence-corrected chi connectivity index (χ0v) is 16.3. The number of hydrogen-bond donors (Lipinski definition) is 2. The van der Waals surface area contributed by atoms with Crippen molar-refractivity contribution >= 4 is 17.3 Å². The van der Waals surface area contributed by atoms with Crippen LogP contribution in [0.15, 0.2) is 30.3 Å². The topological polar surface area (TPSA) is 103 Å². The molecule has 8 heteroatoms. The van der Waals surface area contributed by atoms with Gasteiger partial charge in [-0.05, 0) is 17.7 Å². The first kappa shape index (κ1) is 19.6.